The first-order chi connectivity index (χ1) is 5.81. The molecule has 0 radical (unpaired) electrons. The highest BCUT2D eigenvalue weighted by atomic mass is 79.9. The molecule has 2 aromatic heterocycles. The Morgan fingerprint density at radius 2 is 2.33 bits per heavy atom. The summed E-state index contributed by atoms with van der Waals surface area (Å²) in [6.45, 7) is 0. The molecule has 0 aliphatic carbocycles. The average Bonchev–Trinajstić information content (AvgIpc) is 2.52. The number of hydrogen-bond acceptors (Lipinski definition) is 4. The van der Waals surface area contributed by atoms with Crippen molar-refractivity contribution in [2.75, 3.05) is 7.11 Å². The monoisotopic (exact) mass is 228 g/mol. The van der Waals surface area contributed by atoms with E-state index >= 15 is 0 Å². The lowest BCUT2D eigenvalue weighted by Crippen LogP contribution is -1.92. The van der Waals surface area contributed by atoms with Crippen LogP contribution in [0.15, 0.2) is 10.9 Å². The van der Waals surface area contributed by atoms with Crippen LogP contribution < -0.4 is 4.74 Å². The highest BCUT2D eigenvalue weighted by Gasteiger charge is 2.06. The van der Waals surface area contributed by atoms with Crippen molar-refractivity contribution in [3.8, 4) is 6.01 Å². The van der Waals surface area contributed by atoms with Gasteiger partial charge in [0.05, 0.1) is 13.4 Å². The van der Waals surface area contributed by atoms with Gasteiger partial charge in [0.25, 0.3) is 0 Å². The number of halogens is 1. The molecule has 0 saturated heterocycles. The Bertz CT molecular complexity index is 413. The van der Waals surface area contributed by atoms with Crippen molar-refractivity contribution < 1.29 is 4.74 Å². The van der Waals surface area contributed by atoms with Crippen molar-refractivity contribution in [1.82, 2.24) is 19.9 Å². The SMILES string of the molecule is COc1nc(Br)c2[nH]cnc2n1. The summed E-state index contributed by atoms with van der Waals surface area (Å²) in [5, 5.41) is 0. The van der Waals surface area contributed by atoms with Crippen LogP contribution in [-0.4, -0.2) is 27.0 Å². The molecule has 0 amide bonds. The van der Waals surface area contributed by atoms with Gasteiger partial charge in [-0.2, -0.15) is 9.97 Å². The summed E-state index contributed by atoms with van der Waals surface area (Å²) in [6.07, 6.45) is 1.56. The largest absolute Gasteiger partial charge is 0.467 e. The highest BCUT2D eigenvalue weighted by Crippen LogP contribution is 2.19. The Labute approximate surface area is 76.3 Å². The first-order valence-corrected chi connectivity index (χ1v) is 4.01. The van der Waals surface area contributed by atoms with Gasteiger partial charge in [-0.25, -0.2) is 4.98 Å². The number of aromatic nitrogens is 4. The van der Waals surface area contributed by atoms with E-state index in [0.717, 1.165) is 5.52 Å². The molecule has 0 atom stereocenters. The van der Waals surface area contributed by atoms with Crippen LogP contribution in [0, 0.1) is 0 Å². The van der Waals surface area contributed by atoms with E-state index in [-0.39, 0.29) is 0 Å². The average molecular weight is 229 g/mol. The number of hydrogen-bond donors (Lipinski definition) is 1. The summed E-state index contributed by atoms with van der Waals surface area (Å²) in [4.78, 5) is 14.9. The second-order valence-corrected chi connectivity index (χ2v) is 2.85. The van der Waals surface area contributed by atoms with Crippen LogP contribution in [0.1, 0.15) is 0 Å². The molecule has 62 valence electrons. The van der Waals surface area contributed by atoms with Crippen molar-refractivity contribution in [3.63, 3.8) is 0 Å². The van der Waals surface area contributed by atoms with E-state index in [1.54, 1.807) is 6.33 Å². The van der Waals surface area contributed by atoms with E-state index < -0.39 is 0 Å². The Balaban J connectivity index is 2.75. The highest BCUT2D eigenvalue weighted by molar-refractivity contribution is 9.10. The first kappa shape index (κ1) is 7.48. The van der Waals surface area contributed by atoms with Gasteiger partial charge < -0.3 is 9.72 Å². The fourth-order valence-electron chi connectivity index (χ4n) is 0.870. The molecule has 5 nitrogen and oxygen atoms in total. The van der Waals surface area contributed by atoms with Crippen molar-refractivity contribution in [2.24, 2.45) is 0 Å². The first-order valence-electron chi connectivity index (χ1n) is 3.22. The Hall–Kier alpha value is -1.17. The minimum absolute atomic E-state index is 0.307. The van der Waals surface area contributed by atoms with E-state index in [9.17, 15) is 0 Å². The number of methoxy groups -OCH3 is 1. The normalized spacial score (nSPS) is 10.5. The fraction of sp³-hybridized carbons (Fsp3) is 0.167. The van der Waals surface area contributed by atoms with Crippen LogP contribution in [0.5, 0.6) is 6.01 Å². The third-order valence-electron chi connectivity index (χ3n) is 1.40. The number of nitrogens with one attached hydrogen (secondary N) is 1. The van der Waals surface area contributed by atoms with Crippen molar-refractivity contribution in [1.29, 1.82) is 0 Å². The molecule has 0 fully saturated rings. The Kier molecular flexibility index (Phi) is 1.69. The standard InChI is InChI=1S/C6H5BrN4O/c1-12-6-10-4(7)3-5(11-6)9-2-8-3/h2H,1H3,(H,8,9,10,11). The number of rotatable bonds is 1. The van der Waals surface area contributed by atoms with Crippen LogP contribution in [0.2, 0.25) is 0 Å². The third-order valence-corrected chi connectivity index (χ3v) is 1.98. The maximum absolute atomic E-state index is 4.87. The van der Waals surface area contributed by atoms with Gasteiger partial charge in [-0.3, -0.25) is 0 Å². The van der Waals surface area contributed by atoms with Crippen LogP contribution in [0.3, 0.4) is 0 Å². The third kappa shape index (κ3) is 1.04. The van der Waals surface area contributed by atoms with Crippen molar-refractivity contribution >= 4 is 27.1 Å². The van der Waals surface area contributed by atoms with Gasteiger partial charge in [-0.15, -0.1) is 0 Å². The maximum Gasteiger partial charge on any atom is 0.319 e. The predicted octanol–water partition coefficient (Wildman–Crippen LogP) is 1.12. The Morgan fingerprint density at radius 3 is 3.08 bits per heavy atom. The number of aromatic amines is 1. The van der Waals surface area contributed by atoms with Gasteiger partial charge in [0.1, 0.15) is 10.1 Å². The zero-order chi connectivity index (χ0) is 8.55. The van der Waals surface area contributed by atoms with Gasteiger partial charge >= 0.3 is 6.01 Å². The van der Waals surface area contributed by atoms with Crippen LogP contribution in [-0.2, 0) is 0 Å². The van der Waals surface area contributed by atoms with Gasteiger partial charge in [-0.1, -0.05) is 0 Å². The molecule has 2 heterocycles. The van der Waals surface area contributed by atoms with Gasteiger partial charge in [0.2, 0.25) is 0 Å². The number of nitrogens with zero attached hydrogens (tertiary/aromatic N) is 3. The molecule has 0 saturated carbocycles. The molecule has 1 N–H and O–H groups in total. The fourth-order valence-corrected chi connectivity index (χ4v) is 1.31. The molecule has 0 aliphatic rings. The van der Waals surface area contributed by atoms with Gasteiger partial charge in [-0.05, 0) is 15.9 Å². The van der Waals surface area contributed by atoms with Crippen LogP contribution in [0.25, 0.3) is 11.2 Å². The van der Waals surface area contributed by atoms with Crippen molar-refractivity contribution in [2.45, 2.75) is 0 Å². The van der Waals surface area contributed by atoms with E-state index in [2.05, 4.69) is 35.9 Å². The quantitative estimate of drug-likeness (QED) is 0.744. The number of imidazole rings is 1. The zero-order valence-electron chi connectivity index (χ0n) is 6.21. The number of fused-ring (bicyclic) bond motifs is 1. The summed E-state index contributed by atoms with van der Waals surface area (Å²) in [5.41, 5.74) is 1.37. The lowest BCUT2D eigenvalue weighted by Gasteiger charge is -1.97. The predicted molar refractivity (Wildman–Crippen MR) is 45.9 cm³/mol. The molecular weight excluding hydrogens is 224 g/mol. The zero-order valence-corrected chi connectivity index (χ0v) is 7.79. The molecule has 6 heteroatoms. The van der Waals surface area contributed by atoms with Crippen molar-refractivity contribution in [3.05, 3.63) is 10.9 Å². The molecule has 0 unspecified atom stereocenters. The molecule has 0 aromatic carbocycles. The molecular formula is C6H5BrN4O. The van der Waals surface area contributed by atoms with E-state index in [1.807, 2.05) is 0 Å². The van der Waals surface area contributed by atoms with Gasteiger partial charge in [0, 0.05) is 0 Å². The summed E-state index contributed by atoms with van der Waals surface area (Å²) in [5.74, 6) is 0. The molecule has 2 aromatic rings. The number of H-pyrrole nitrogens is 1. The number of ether oxygens (including phenoxy) is 1. The minimum atomic E-state index is 0.307. The summed E-state index contributed by atoms with van der Waals surface area (Å²) >= 11 is 3.27. The molecule has 12 heavy (non-hydrogen) atoms. The molecule has 0 spiro atoms. The topological polar surface area (TPSA) is 63.7 Å². The summed E-state index contributed by atoms with van der Waals surface area (Å²) < 4.78 is 5.52. The maximum atomic E-state index is 4.87. The van der Waals surface area contributed by atoms with E-state index in [1.165, 1.54) is 7.11 Å². The van der Waals surface area contributed by atoms with Crippen LogP contribution >= 0.6 is 15.9 Å². The minimum Gasteiger partial charge on any atom is -0.467 e. The van der Waals surface area contributed by atoms with Crippen LogP contribution in [0.4, 0.5) is 0 Å². The van der Waals surface area contributed by atoms with Gasteiger partial charge in [0.15, 0.2) is 5.65 Å². The lowest BCUT2D eigenvalue weighted by atomic mass is 10.6. The smallest absolute Gasteiger partial charge is 0.319 e. The summed E-state index contributed by atoms with van der Waals surface area (Å²) in [7, 11) is 1.51. The van der Waals surface area contributed by atoms with E-state index in [0.29, 0.717) is 16.3 Å². The molecule has 0 aliphatic heterocycles. The van der Waals surface area contributed by atoms with E-state index in [4.69, 9.17) is 4.74 Å². The molecule has 2 rings (SSSR count). The lowest BCUT2D eigenvalue weighted by molar-refractivity contribution is 0.380. The summed E-state index contributed by atoms with van der Waals surface area (Å²) in [6, 6.07) is 0.307. The second kappa shape index (κ2) is 2.71. The Morgan fingerprint density at radius 1 is 1.50 bits per heavy atom. The molecule has 0 bridgehead atoms. The second-order valence-electron chi connectivity index (χ2n) is 2.10.